The second kappa shape index (κ2) is 6.24. The largest absolute Gasteiger partial charge is 0.272 e. The van der Waals surface area contributed by atoms with E-state index in [9.17, 15) is 4.79 Å². The van der Waals surface area contributed by atoms with Gasteiger partial charge in [-0.05, 0) is 34.5 Å². The summed E-state index contributed by atoms with van der Waals surface area (Å²) in [6.45, 7) is 1.84. The molecule has 2 rings (SSSR count). The summed E-state index contributed by atoms with van der Waals surface area (Å²) in [5.41, 5.74) is 4.68. The van der Waals surface area contributed by atoms with Crippen molar-refractivity contribution in [2.75, 3.05) is 0 Å². The number of hydrogen-bond acceptors (Lipinski definition) is 3. The molecule has 0 saturated carbocycles. The lowest BCUT2D eigenvalue weighted by atomic mass is 10.1. The lowest BCUT2D eigenvalue weighted by molar-refractivity contribution is 0.0954. The standard InChI is InChI=1S/C14H12BrN3O/c1-10(11-5-3-2-4-6-11)17-18-14(19)12-7-13(15)9-16-8-12/h2-9H,1H3,(H,18,19)/b17-10-. The molecule has 0 aliphatic rings. The van der Waals surface area contributed by atoms with E-state index in [1.807, 2.05) is 37.3 Å². The number of nitrogens with zero attached hydrogens (tertiary/aromatic N) is 2. The molecule has 0 radical (unpaired) electrons. The average Bonchev–Trinajstić information content (AvgIpc) is 2.45. The van der Waals surface area contributed by atoms with Crippen molar-refractivity contribution in [2.45, 2.75) is 6.92 Å². The van der Waals surface area contributed by atoms with Gasteiger partial charge in [0.05, 0.1) is 11.3 Å². The lowest BCUT2D eigenvalue weighted by Crippen LogP contribution is -2.19. The highest BCUT2D eigenvalue weighted by molar-refractivity contribution is 9.10. The van der Waals surface area contributed by atoms with Gasteiger partial charge in [-0.1, -0.05) is 30.3 Å². The highest BCUT2D eigenvalue weighted by Crippen LogP contribution is 2.09. The Balaban J connectivity index is 2.08. The summed E-state index contributed by atoms with van der Waals surface area (Å²) in [6, 6.07) is 11.3. The summed E-state index contributed by atoms with van der Waals surface area (Å²) >= 11 is 3.27. The molecule has 0 aliphatic carbocycles. The molecule has 1 amide bonds. The number of benzene rings is 1. The smallest absolute Gasteiger partial charge is 0.267 e. The van der Waals surface area contributed by atoms with Gasteiger partial charge in [0.15, 0.2) is 0 Å². The quantitative estimate of drug-likeness (QED) is 0.699. The Hall–Kier alpha value is -2.01. The first kappa shape index (κ1) is 13.4. The monoisotopic (exact) mass is 317 g/mol. The number of aromatic nitrogens is 1. The molecular weight excluding hydrogens is 306 g/mol. The maximum atomic E-state index is 11.9. The van der Waals surface area contributed by atoms with Gasteiger partial charge in [-0.2, -0.15) is 5.10 Å². The first-order valence-electron chi connectivity index (χ1n) is 5.67. The normalized spacial score (nSPS) is 11.2. The van der Waals surface area contributed by atoms with Crippen LogP contribution in [0.3, 0.4) is 0 Å². The SMILES string of the molecule is C/C(=N/NC(=O)c1cncc(Br)c1)c1ccccc1. The van der Waals surface area contributed by atoms with Crippen LogP contribution in [-0.4, -0.2) is 16.6 Å². The topological polar surface area (TPSA) is 54.4 Å². The third-order valence-electron chi connectivity index (χ3n) is 2.48. The van der Waals surface area contributed by atoms with Gasteiger partial charge in [-0.3, -0.25) is 9.78 Å². The molecule has 1 heterocycles. The third-order valence-corrected chi connectivity index (χ3v) is 2.92. The van der Waals surface area contributed by atoms with E-state index in [0.29, 0.717) is 5.56 Å². The van der Waals surface area contributed by atoms with Gasteiger partial charge >= 0.3 is 0 Å². The minimum Gasteiger partial charge on any atom is -0.267 e. The number of amides is 1. The van der Waals surface area contributed by atoms with Crippen LogP contribution in [0.15, 0.2) is 58.4 Å². The molecule has 1 aromatic heterocycles. The molecule has 1 aromatic carbocycles. The zero-order chi connectivity index (χ0) is 13.7. The molecule has 1 N–H and O–H groups in total. The molecule has 96 valence electrons. The van der Waals surface area contributed by atoms with Gasteiger partial charge in [0.25, 0.3) is 5.91 Å². The van der Waals surface area contributed by atoms with Crippen LogP contribution in [-0.2, 0) is 0 Å². The fourth-order valence-electron chi connectivity index (χ4n) is 1.48. The predicted molar refractivity (Wildman–Crippen MR) is 78.1 cm³/mol. The lowest BCUT2D eigenvalue weighted by Gasteiger charge is -2.03. The molecule has 0 spiro atoms. The van der Waals surface area contributed by atoms with Crippen molar-refractivity contribution < 1.29 is 4.79 Å². The highest BCUT2D eigenvalue weighted by Gasteiger charge is 2.05. The van der Waals surface area contributed by atoms with E-state index in [1.165, 1.54) is 6.20 Å². The summed E-state index contributed by atoms with van der Waals surface area (Å²) in [4.78, 5) is 15.8. The minimum absolute atomic E-state index is 0.288. The van der Waals surface area contributed by atoms with Crippen LogP contribution in [0.4, 0.5) is 0 Å². The van der Waals surface area contributed by atoms with Crippen LogP contribution < -0.4 is 5.43 Å². The minimum atomic E-state index is -0.288. The molecule has 0 bridgehead atoms. The Morgan fingerprint density at radius 1 is 1.21 bits per heavy atom. The first-order chi connectivity index (χ1) is 9.16. The fourth-order valence-corrected chi connectivity index (χ4v) is 1.84. The number of pyridine rings is 1. The predicted octanol–water partition coefficient (Wildman–Crippen LogP) is 3.00. The fraction of sp³-hybridized carbons (Fsp3) is 0.0714. The van der Waals surface area contributed by atoms with Crippen LogP contribution in [0, 0.1) is 0 Å². The molecule has 2 aromatic rings. The second-order valence-electron chi connectivity index (χ2n) is 3.90. The Bertz CT molecular complexity index is 611. The Kier molecular flexibility index (Phi) is 4.41. The molecule has 4 nitrogen and oxygen atoms in total. The van der Waals surface area contributed by atoms with Crippen LogP contribution in [0.25, 0.3) is 0 Å². The highest BCUT2D eigenvalue weighted by atomic mass is 79.9. The summed E-state index contributed by atoms with van der Waals surface area (Å²) in [5, 5.41) is 4.07. The maximum Gasteiger partial charge on any atom is 0.272 e. The zero-order valence-electron chi connectivity index (χ0n) is 10.3. The van der Waals surface area contributed by atoms with E-state index >= 15 is 0 Å². The van der Waals surface area contributed by atoms with Crippen molar-refractivity contribution in [3.63, 3.8) is 0 Å². The van der Waals surface area contributed by atoms with Gasteiger partial charge in [0.1, 0.15) is 0 Å². The number of hydrogen-bond donors (Lipinski definition) is 1. The summed E-state index contributed by atoms with van der Waals surface area (Å²) in [7, 11) is 0. The summed E-state index contributed by atoms with van der Waals surface area (Å²) in [5.74, 6) is -0.288. The zero-order valence-corrected chi connectivity index (χ0v) is 11.9. The molecule has 0 saturated heterocycles. The van der Waals surface area contributed by atoms with E-state index in [0.717, 1.165) is 15.7 Å². The van der Waals surface area contributed by atoms with Crippen molar-refractivity contribution in [1.82, 2.24) is 10.4 Å². The number of rotatable bonds is 3. The van der Waals surface area contributed by atoms with Crippen LogP contribution in [0.1, 0.15) is 22.8 Å². The van der Waals surface area contributed by atoms with Gasteiger partial charge in [-0.25, -0.2) is 5.43 Å². The Morgan fingerprint density at radius 3 is 2.63 bits per heavy atom. The van der Waals surface area contributed by atoms with Crippen molar-refractivity contribution in [1.29, 1.82) is 0 Å². The number of halogens is 1. The third kappa shape index (κ3) is 3.72. The Morgan fingerprint density at radius 2 is 1.95 bits per heavy atom. The van der Waals surface area contributed by atoms with E-state index in [2.05, 4.69) is 31.4 Å². The molecule has 0 unspecified atom stereocenters. The van der Waals surface area contributed by atoms with Crippen molar-refractivity contribution >= 4 is 27.5 Å². The second-order valence-corrected chi connectivity index (χ2v) is 4.81. The number of carbonyl (C=O) groups excluding carboxylic acids is 1. The molecule has 0 fully saturated rings. The molecule has 0 aliphatic heterocycles. The van der Waals surface area contributed by atoms with E-state index in [1.54, 1.807) is 12.3 Å². The molecule has 0 atom stereocenters. The average molecular weight is 318 g/mol. The molecular formula is C14H12BrN3O. The van der Waals surface area contributed by atoms with Crippen LogP contribution in [0.2, 0.25) is 0 Å². The van der Waals surface area contributed by atoms with E-state index in [-0.39, 0.29) is 5.91 Å². The van der Waals surface area contributed by atoms with E-state index < -0.39 is 0 Å². The number of hydrazone groups is 1. The number of carbonyl (C=O) groups is 1. The maximum absolute atomic E-state index is 11.9. The van der Waals surface area contributed by atoms with Crippen LogP contribution in [0.5, 0.6) is 0 Å². The van der Waals surface area contributed by atoms with Crippen molar-refractivity contribution in [2.24, 2.45) is 5.10 Å². The summed E-state index contributed by atoms with van der Waals surface area (Å²) < 4.78 is 0.754. The van der Waals surface area contributed by atoms with Gasteiger partial charge in [0, 0.05) is 16.9 Å². The molecule has 19 heavy (non-hydrogen) atoms. The van der Waals surface area contributed by atoms with Crippen molar-refractivity contribution in [3.05, 3.63) is 64.4 Å². The molecule has 5 heteroatoms. The van der Waals surface area contributed by atoms with Gasteiger partial charge in [0.2, 0.25) is 0 Å². The first-order valence-corrected chi connectivity index (χ1v) is 6.47. The summed E-state index contributed by atoms with van der Waals surface area (Å²) in [6.07, 6.45) is 3.11. The van der Waals surface area contributed by atoms with Gasteiger partial charge in [-0.15, -0.1) is 0 Å². The number of nitrogens with one attached hydrogen (secondary N) is 1. The van der Waals surface area contributed by atoms with E-state index in [4.69, 9.17) is 0 Å². The van der Waals surface area contributed by atoms with Gasteiger partial charge < -0.3 is 0 Å². The van der Waals surface area contributed by atoms with Crippen molar-refractivity contribution in [3.8, 4) is 0 Å². The Labute approximate surface area is 119 Å². The van der Waals surface area contributed by atoms with Crippen LogP contribution >= 0.6 is 15.9 Å².